The van der Waals surface area contributed by atoms with E-state index in [4.69, 9.17) is 5.73 Å². The van der Waals surface area contributed by atoms with Crippen LogP contribution in [0.3, 0.4) is 0 Å². The number of hydrogen-bond acceptors (Lipinski definition) is 3. The Labute approximate surface area is 120 Å². The second-order valence-electron chi connectivity index (χ2n) is 4.27. The lowest BCUT2D eigenvalue weighted by molar-refractivity contribution is 0.532. The van der Waals surface area contributed by atoms with Gasteiger partial charge in [-0.05, 0) is 53.6 Å². The highest BCUT2D eigenvalue weighted by Gasteiger charge is 2.15. The van der Waals surface area contributed by atoms with Crippen molar-refractivity contribution in [1.82, 2.24) is 9.78 Å². The standard InChI is InChI=1S/C13H18BrN3S/c1-2-17-13(11(14)9-16-17)12(15)7-3-5-10-6-4-8-18-10/h4,6,8-9,12H,2-3,5,7,15H2,1H3. The Morgan fingerprint density at radius 3 is 3.06 bits per heavy atom. The molecule has 0 radical (unpaired) electrons. The zero-order valence-electron chi connectivity index (χ0n) is 10.5. The molecule has 3 nitrogen and oxygen atoms in total. The Kier molecular flexibility index (Phi) is 4.97. The second-order valence-corrected chi connectivity index (χ2v) is 6.16. The van der Waals surface area contributed by atoms with E-state index in [1.54, 1.807) is 0 Å². The van der Waals surface area contributed by atoms with Crippen LogP contribution in [-0.2, 0) is 13.0 Å². The largest absolute Gasteiger partial charge is 0.323 e. The number of nitrogens with two attached hydrogens (primary N) is 1. The van der Waals surface area contributed by atoms with Crippen LogP contribution in [0, 0.1) is 0 Å². The van der Waals surface area contributed by atoms with Gasteiger partial charge in [0.05, 0.1) is 16.4 Å². The molecule has 0 saturated heterocycles. The average molecular weight is 328 g/mol. The summed E-state index contributed by atoms with van der Waals surface area (Å²) in [5, 5.41) is 6.43. The molecule has 0 amide bonds. The molecular weight excluding hydrogens is 310 g/mol. The first kappa shape index (κ1) is 13.8. The molecule has 18 heavy (non-hydrogen) atoms. The number of rotatable bonds is 6. The lowest BCUT2D eigenvalue weighted by atomic mass is 10.1. The molecule has 0 aliphatic carbocycles. The predicted molar refractivity (Wildman–Crippen MR) is 79.8 cm³/mol. The Balaban J connectivity index is 1.91. The van der Waals surface area contributed by atoms with Gasteiger partial charge < -0.3 is 5.73 Å². The Hall–Kier alpha value is -0.650. The molecule has 0 aliphatic heterocycles. The summed E-state index contributed by atoms with van der Waals surface area (Å²) in [6, 6.07) is 4.34. The molecule has 5 heteroatoms. The van der Waals surface area contributed by atoms with E-state index in [-0.39, 0.29) is 6.04 Å². The maximum absolute atomic E-state index is 6.27. The Morgan fingerprint density at radius 1 is 1.56 bits per heavy atom. The minimum Gasteiger partial charge on any atom is -0.323 e. The number of aryl methyl sites for hydroxylation is 2. The van der Waals surface area contributed by atoms with E-state index in [2.05, 4.69) is 45.5 Å². The fourth-order valence-electron chi connectivity index (χ4n) is 2.08. The molecule has 1 atom stereocenters. The highest BCUT2D eigenvalue weighted by Crippen LogP contribution is 2.25. The van der Waals surface area contributed by atoms with Crippen LogP contribution in [0.25, 0.3) is 0 Å². The topological polar surface area (TPSA) is 43.8 Å². The molecule has 2 aromatic heterocycles. The monoisotopic (exact) mass is 327 g/mol. The maximum Gasteiger partial charge on any atom is 0.0693 e. The van der Waals surface area contributed by atoms with Gasteiger partial charge in [-0.2, -0.15) is 5.10 Å². The summed E-state index contributed by atoms with van der Waals surface area (Å²) in [6.45, 7) is 2.95. The van der Waals surface area contributed by atoms with Gasteiger partial charge in [-0.1, -0.05) is 6.07 Å². The summed E-state index contributed by atoms with van der Waals surface area (Å²) in [5.74, 6) is 0. The van der Waals surface area contributed by atoms with E-state index in [1.807, 2.05) is 22.2 Å². The predicted octanol–water partition coefficient (Wildman–Crippen LogP) is 3.75. The zero-order valence-corrected chi connectivity index (χ0v) is 12.9. The van der Waals surface area contributed by atoms with E-state index >= 15 is 0 Å². The lowest BCUT2D eigenvalue weighted by Gasteiger charge is -2.14. The summed E-state index contributed by atoms with van der Waals surface area (Å²) >= 11 is 5.34. The van der Waals surface area contributed by atoms with E-state index in [0.29, 0.717) is 0 Å². The summed E-state index contributed by atoms with van der Waals surface area (Å²) in [7, 11) is 0. The smallest absolute Gasteiger partial charge is 0.0693 e. The number of aromatic nitrogens is 2. The number of halogens is 1. The van der Waals surface area contributed by atoms with Gasteiger partial charge in [0, 0.05) is 17.5 Å². The van der Waals surface area contributed by atoms with Gasteiger partial charge in [-0.3, -0.25) is 4.68 Å². The third-order valence-corrected chi connectivity index (χ3v) is 4.55. The molecule has 0 fully saturated rings. The molecular formula is C13H18BrN3S. The summed E-state index contributed by atoms with van der Waals surface area (Å²) in [5.41, 5.74) is 7.38. The molecule has 2 N–H and O–H groups in total. The van der Waals surface area contributed by atoms with Crippen LogP contribution < -0.4 is 5.73 Å². The van der Waals surface area contributed by atoms with Gasteiger partial charge in [0.25, 0.3) is 0 Å². The van der Waals surface area contributed by atoms with E-state index in [0.717, 1.165) is 36.0 Å². The lowest BCUT2D eigenvalue weighted by Crippen LogP contribution is -2.16. The van der Waals surface area contributed by atoms with E-state index in [1.165, 1.54) is 4.88 Å². The van der Waals surface area contributed by atoms with Gasteiger partial charge in [0.15, 0.2) is 0 Å². The van der Waals surface area contributed by atoms with Gasteiger partial charge >= 0.3 is 0 Å². The fourth-order valence-corrected chi connectivity index (χ4v) is 3.42. The minimum atomic E-state index is 0.0572. The van der Waals surface area contributed by atoms with Crippen LogP contribution >= 0.6 is 27.3 Å². The maximum atomic E-state index is 6.27. The zero-order chi connectivity index (χ0) is 13.0. The molecule has 0 bridgehead atoms. The Bertz CT molecular complexity index is 478. The normalized spacial score (nSPS) is 12.8. The van der Waals surface area contributed by atoms with Crippen LogP contribution in [0.5, 0.6) is 0 Å². The van der Waals surface area contributed by atoms with Gasteiger partial charge in [-0.25, -0.2) is 0 Å². The van der Waals surface area contributed by atoms with Crippen molar-refractivity contribution in [3.8, 4) is 0 Å². The molecule has 1 unspecified atom stereocenters. The van der Waals surface area contributed by atoms with Crippen molar-refractivity contribution in [2.24, 2.45) is 5.73 Å². The van der Waals surface area contributed by atoms with Crippen molar-refractivity contribution in [2.75, 3.05) is 0 Å². The number of thiophene rings is 1. The van der Waals surface area contributed by atoms with E-state index in [9.17, 15) is 0 Å². The van der Waals surface area contributed by atoms with Gasteiger partial charge in [-0.15, -0.1) is 11.3 Å². The van der Waals surface area contributed by atoms with E-state index < -0.39 is 0 Å². The Morgan fingerprint density at radius 2 is 2.39 bits per heavy atom. The first-order chi connectivity index (χ1) is 8.72. The van der Waals surface area contributed by atoms with Crippen LogP contribution in [0.4, 0.5) is 0 Å². The van der Waals surface area contributed by atoms with Gasteiger partial charge in [0.1, 0.15) is 0 Å². The van der Waals surface area contributed by atoms with Crippen molar-refractivity contribution in [3.05, 3.63) is 38.8 Å². The molecule has 2 heterocycles. The molecule has 0 saturated carbocycles. The van der Waals surface area contributed by atoms with Crippen molar-refractivity contribution >= 4 is 27.3 Å². The average Bonchev–Trinajstić information content (AvgIpc) is 2.98. The molecule has 2 rings (SSSR count). The summed E-state index contributed by atoms with van der Waals surface area (Å²) in [4.78, 5) is 1.44. The van der Waals surface area contributed by atoms with Crippen LogP contribution in [-0.4, -0.2) is 9.78 Å². The third-order valence-electron chi connectivity index (χ3n) is 3.00. The van der Waals surface area contributed by atoms with Crippen molar-refractivity contribution in [2.45, 2.75) is 38.8 Å². The second kappa shape index (κ2) is 6.50. The van der Waals surface area contributed by atoms with Gasteiger partial charge in [0.2, 0.25) is 0 Å². The molecule has 0 aliphatic rings. The minimum absolute atomic E-state index is 0.0572. The van der Waals surface area contributed by atoms with Crippen molar-refractivity contribution < 1.29 is 0 Å². The molecule has 98 valence electrons. The SMILES string of the molecule is CCn1ncc(Br)c1C(N)CCCc1cccs1. The molecule has 2 aromatic rings. The summed E-state index contributed by atoms with van der Waals surface area (Å²) in [6.07, 6.45) is 5.05. The van der Waals surface area contributed by atoms with Crippen LogP contribution in [0.1, 0.15) is 36.4 Å². The van der Waals surface area contributed by atoms with Crippen LogP contribution in [0.2, 0.25) is 0 Å². The van der Waals surface area contributed by atoms with Crippen molar-refractivity contribution in [1.29, 1.82) is 0 Å². The third kappa shape index (κ3) is 3.22. The highest BCUT2D eigenvalue weighted by atomic mass is 79.9. The number of hydrogen-bond donors (Lipinski definition) is 1. The number of nitrogens with zero attached hydrogens (tertiary/aromatic N) is 2. The molecule has 0 spiro atoms. The quantitative estimate of drug-likeness (QED) is 0.878. The molecule has 0 aromatic carbocycles. The van der Waals surface area contributed by atoms with Crippen molar-refractivity contribution in [3.63, 3.8) is 0 Å². The fraction of sp³-hybridized carbons (Fsp3) is 0.462. The van der Waals surface area contributed by atoms with Crippen LogP contribution in [0.15, 0.2) is 28.2 Å². The first-order valence-electron chi connectivity index (χ1n) is 6.21. The first-order valence-corrected chi connectivity index (χ1v) is 7.88. The highest BCUT2D eigenvalue weighted by molar-refractivity contribution is 9.10. The summed E-state index contributed by atoms with van der Waals surface area (Å²) < 4.78 is 2.99.